The molecule has 1 heterocycles. The first-order valence-electron chi connectivity index (χ1n) is 9.94. The minimum atomic E-state index is -0.808. The van der Waals surface area contributed by atoms with E-state index in [0.29, 0.717) is 6.42 Å². The average Bonchev–Trinajstić information content (AvgIpc) is 2.98. The molecular weight excluding hydrogens is 333 g/mol. The number of carbonyl (C=O) groups excluding carboxylic acids is 2. The summed E-state index contributed by atoms with van der Waals surface area (Å²) >= 11 is 0. The van der Waals surface area contributed by atoms with Gasteiger partial charge in [0.2, 0.25) is 0 Å². The number of esters is 1. The third kappa shape index (κ3) is 6.58. The number of aromatic amines is 1. The molecule has 0 unspecified atom stereocenters. The molecule has 1 aromatic rings. The van der Waals surface area contributed by atoms with Gasteiger partial charge in [-0.15, -0.1) is 0 Å². The summed E-state index contributed by atoms with van der Waals surface area (Å²) in [6.45, 7) is 7.70. The van der Waals surface area contributed by atoms with Crippen LogP contribution in [0.5, 0.6) is 0 Å². The third-order valence-electron chi connectivity index (χ3n) is 4.81. The van der Waals surface area contributed by atoms with Crippen LogP contribution in [-0.4, -0.2) is 23.3 Å². The second-order valence-electron chi connectivity index (χ2n) is 7.55. The van der Waals surface area contributed by atoms with E-state index >= 15 is 0 Å². The molecule has 0 aliphatic carbocycles. The highest BCUT2D eigenvalue weighted by molar-refractivity contribution is 6.02. The molecule has 26 heavy (non-hydrogen) atoms. The molecule has 1 N–H and O–H groups in total. The maximum atomic E-state index is 14.4. The van der Waals surface area contributed by atoms with Gasteiger partial charge in [0, 0.05) is 11.6 Å². The summed E-state index contributed by atoms with van der Waals surface area (Å²) in [7, 11) is 0. The first-order chi connectivity index (χ1) is 12.3. The molecule has 4 nitrogen and oxygen atoms in total. The van der Waals surface area contributed by atoms with Crippen molar-refractivity contribution in [1.82, 2.24) is 4.98 Å². The van der Waals surface area contributed by atoms with Crippen molar-refractivity contribution in [3.63, 3.8) is 0 Å². The van der Waals surface area contributed by atoms with E-state index in [4.69, 9.17) is 4.74 Å². The maximum absolute atomic E-state index is 14.4. The zero-order valence-corrected chi connectivity index (χ0v) is 16.8. The number of hydrogen-bond donors (Lipinski definition) is 1. The Hall–Kier alpha value is -1.65. The van der Waals surface area contributed by atoms with Crippen LogP contribution >= 0.6 is 0 Å². The number of ether oxygens (including phenoxy) is 1. The van der Waals surface area contributed by atoms with E-state index in [2.05, 4.69) is 11.9 Å². The predicted molar refractivity (Wildman–Crippen MR) is 102 cm³/mol. The van der Waals surface area contributed by atoms with Crippen molar-refractivity contribution >= 4 is 11.8 Å². The van der Waals surface area contributed by atoms with Crippen molar-refractivity contribution in [2.45, 2.75) is 85.5 Å². The minimum absolute atomic E-state index is 0.0578. The highest BCUT2D eigenvalue weighted by atomic mass is 19.1. The molecule has 0 aliphatic heterocycles. The molecule has 0 spiro atoms. The van der Waals surface area contributed by atoms with Gasteiger partial charge in [-0.1, -0.05) is 72.1 Å². The van der Waals surface area contributed by atoms with Gasteiger partial charge in [-0.2, -0.15) is 0 Å². The highest BCUT2D eigenvalue weighted by Crippen LogP contribution is 2.30. The monoisotopic (exact) mass is 367 g/mol. The Morgan fingerprint density at radius 1 is 1.04 bits per heavy atom. The molecule has 0 atom stereocenters. The molecule has 148 valence electrons. The summed E-state index contributed by atoms with van der Waals surface area (Å²) in [6, 6.07) is 0. The lowest BCUT2D eigenvalue weighted by Crippen LogP contribution is -2.25. The molecule has 0 fully saturated rings. The van der Waals surface area contributed by atoms with Gasteiger partial charge in [0.15, 0.2) is 17.3 Å². The number of nitrogens with one attached hydrogen (secondary N) is 1. The van der Waals surface area contributed by atoms with Gasteiger partial charge >= 0.3 is 5.97 Å². The highest BCUT2D eigenvalue weighted by Gasteiger charge is 2.32. The first kappa shape index (κ1) is 22.4. The van der Waals surface area contributed by atoms with E-state index in [9.17, 15) is 14.0 Å². The van der Waals surface area contributed by atoms with Crippen LogP contribution in [0.1, 0.15) is 106 Å². The van der Waals surface area contributed by atoms with Gasteiger partial charge in [0.05, 0.1) is 12.2 Å². The van der Waals surface area contributed by atoms with Gasteiger partial charge < -0.3 is 9.72 Å². The molecule has 1 aromatic heterocycles. The van der Waals surface area contributed by atoms with Crippen LogP contribution in [0, 0.1) is 11.2 Å². The number of rotatable bonds is 13. The Balaban J connectivity index is 2.51. The van der Waals surface area contributed by atoms with Crippen molar-refractivity contribution in [3.05, 3.63) is 23.3 Å². The van der Waals surface area contributed by atoms with Crippen LogP contribution in [-0.2, 0) is 4.74 Å². The van der Waals surface area contributed by atoms with Gasteiger partial charge in [-0.3, -0.25) is 4.79 Å². The molecule has 0 aromatic carbocycles. The SMILES string of the molecule is CCCCCCCCCCC(C)(C)C(=O)c1c[nH]c(C(=O)OCC)c1F. The van der Waals surface area contributed by atoms with E-state index in [0.717, 1.165) is 12.8 Å². The fourth-order valence-corrected chi connectivity index (χ4v) is 3.10. The zero-order chi connectivity index (χ0) is 19.6. The van der Waals surface area contributed by atoms with E-state index in [1.807, 2.05) is 13.8 Å². The summed E-state index contributed by atoms with van der Waals surface area (Å²) in [5, 5.41) is 0. The Morgan fingerprint density at radius 3 is 2.19 bits per heavy atom. The minimum Gasteiger partial charge on any atom is -0.461 e. The van der Waals surface area contributed by atoms with E-state index < -0.39 is 17.2 Å². The second kappa shape index (κ2) is 11.1. The lowest BCUT2D eigenvalue weighted by Gasteiger charge is -2.22. The van der Waals surface area contributed by atoms with Gasteiger partial charge in [0.25, 0.3) is 0 Å². The Bertz CT molecular complexity index is 578. The summed E-state index contributed by atoms with van der Waals surface area (Å²) in [5.74, 6) is -1.85. The zero-order valence-electron chi connectivity index (χ0n) is 16.8. The number of ketones is 1. The Labute approximate surface area is 156 Å². The largest absolute Gasteiger partial charge is 0.461 e. The summed E-state index contributed by atoms with van der Waals surface area (Å²) in [6.07, 6.45) is 11.6. The molecule has 0 radical (unpaired) electrons. The number of H-pyrrole nitrogens is 1. The number of aromatic nitrogens is 1. The van der Waals surface area contributed by atoms with E-state index in [-0.39, 0.29) is 23.6 Å². The van der Waals surface area contributed by atoms with Crippen LogP contribution in [0.25, 0.3) is 0 Å². The standard InChI is InChI=1S/C21H34FNO3/c1-5-7-8-9-10-11-12-13-14-21(3,4)19(24)16-15-23-18(17(16)22)20(25)26-6-2/h15,23H,5-14H2,1-4H3. The van der Waals surface area contributed by atoms with Gasteiger partial charge in [0.1, 0.15) is 0 Å². The van der Waals surface area contributed by atoms with Crippen LogP contribution in [0.15, 0.2) is 6.20 Å². The van der Waals surface area contributed by atoms with Crippen molar-refractivity contribution < 1.29 is 18.7 Å². The molecule has 0 bridgehead atoms. The molecule has 0 aliphatic rings. The van der Waals surface area contributed by atoms with Crippen molar-refractivity contribution in [3.8, 4) is 0 Å². The number of hydrogen-bond acceptors (Lipinski definition) is 3. The molecule has 0 amide bonds. The van der Waals surface area contributed by atoms with Gasteiger partial charge in [-0.05, 0) is 13.3 Å². The lowest BCUT2D eigenvalue weighted by atomic mass is 9.80. The van der Waals surface area contributed by atoms with Crippen LogP contribution in [0.4, 0.5) is 4.39 Å². The number of carbonyl (C=O) groups is 2. The molecule has 5 heteroatoms. The predicted octanol–water partition coefficient (Wildman–Crippen LogP) is 6.07. The first-order valence-corrected chi connectivity index (χ1v) is 9.94. The normalized spacial score (nSPS) is 11.6. The van der Waals surface area contributed by atoms with Crippen LogP contribution in [0.3, 0.4) is 0 Å². The van der Waals surface area contributed by atoms with Crippen molar-refractivity contribution in [1.29, 1.82) is 0 Å². The van der Waals surface area contributed by atoms with Crippen LogP contribution < -0.4 is 0 Å². The molecule has 1 rings (SSSR count). The lowest BCUT2D eigenvalue weighted by molar-refractivity contribution is 0.0515. The topological polar surface area (TPSA) is 59.2 Å². The summed E-state index contributed by atoms with van der Waals surface area (Å²) in [5.41, 5.74) is -0.993. The fraction of sp³-hybridized carbons (Fsp3) is 0.714. The Kier molecular flexibility index (Phi) is 9.60. The van der Waals surface area contributed by atoms with E-state index in [1.54, 1.807) is 6.92 Å². The summed E-state index contributed by atoms with van der Waals surface area (Å²) in [4.78, 5) is 26.9. The number of unbranched alkanes of at least 4 members (excludes halogenated alkanes) is 7. The average molecular weight is 368 g/mol. The smallest absolute Gasteiger partial charge is 0.357 e. The molecule has 0 saturated heterocycles. The summed E-state index contributed by atoms with van der Waals surface area (Å²) < 4.78 is 19.2. The van der Waals surface area contributed by atoms with E-state index in [1.165, 1.54) is 44.7 Å². The van der Waals surface area contributed by atoms with Crippen molar-refractivity contribution in [2.24, 2.45) is 5.41 Å². The Morgan fingerprint density at radius 2 is 1.62 bits per heavy atom. The third-order valence-corrected chi connectivity index (χ3v) is 4.81. The molecular formula is C21H34FNO3. The second-order valence-corrected chi connectivity index (χ2v) is 7.55. The molecule has 0 saturated carbocycles. The fourth-order valence-electron chi connectivity index (χ4n) is 3.10. The quantitative estimate of drug-likeness (QED) is 0.261. The number of halogens is 1. The van der Waals surface area contributed by atoms with Crippen molar-refractivity contribution in [2.75, 3.05) is 6.61 Å². The number of Topliss-reactive ketones (excluding diaryl/α,β-unsaturated/α-hetero) is 1. The van der Waals surface area contributed by atoms with Crippen LogP contribution in [0.2, 0.25) is 0 Å². The van der Waals surface area contributed by atoms with Gasteiger partial charge in [-0.25, -0.2) is 9.18 Å². The maximum Gasteiger partial charge on any atom is 0.357 e.